The van der Waals surface area contributed by atoms with Gasteiger partial charge in [0.05, 0.1) is 11.1 Å². The van der Waals surface area contributed by atoms with Crippen LogP contribution >= 0.6 is 0 Å². The maximum Gasteiger partial charge on any atom is 0.329 e. The molecule has 0 saturated heterocycles. The van der Waals surface area contributed by atoms with Crippen LogP contribution in [0.5, 0.6) is 0 Å². The molecule has 0 saturated carbocycles. The molecule has 1 heterocycles. The van der Waals surface area contributed by atoms with E-state index >= 15 is 0 Å². The van der Waals surface area contributed by atoms with Crippen molar-refractivity contribution in [1.82, 2.24) is 4.90 Å². The van der Waals surface area contributed by atoms with E-state index in [9.17, 15) is 19.5 Å². The molecule has 5 heteroatoms. The first-order valence-electron chi connectivity index (χ1n) is 5.92. The molecule has 100 valence electrons. The van der Waals surface area contributed by atoms with Gasteiger partial charge in [0, 0.05) is 0 Å². The van der Waals surface area contributed by atoms with E-state index in [2.05, 4.69) is 0 Å². The topological polar surface area (TPSA) is 74.7 Å². The quantitative estimate of drug-likeness (QED) is 0.823. The summed E-state index contributed by atoms with van der Waals surface area (Å²) in [5.74, 6) is -2.28. The number of aryl methyl sites for hydroxylation is 2. The van der Waals surface area contributed by atoms with Crippen molar-refractivity contribution in [2.24, 2.45) is 0 Å². The summed E-state index contributed by atoms with van der Waals surface area (Å²) in [4.78, 5) is 36.9. The predicted octanol–water partition coefficient (Wildman–Crippen LogP) is 1.76. The van der Waals surface area contributed by atoms with E-state index in [1.54, 1.807) is 26.0 Å². The monoisotopic (exact) mass is 261 g/mol. The van der Waals surface area contributed by atoms with E-state index in [0.717, 1.165) is 4.90 Å². The number of imide groups is 1. The highest BCUT2D eigenvalue weighted by Crippen LogP contribution is 2.33. The molecule has 0 bridgehead atoms. The number of hydrogen-bond donors (Lipinski definition) is 1. The third-order valence-corrected chi connectivity index (χ3v) is 3.54. The van der Waals surface area contributed by atoms with Crippen LogP contribution in [0, 0.1) is 13.8 Å². The Balaban J connectivity index is 2.67. The molecule has 0 aliphatic carbocycles. The molecule has 0 fully saturated rings. The van der Waals surface area contributed by atoms with Crippen LogP contribution < -0.4 is 0 Å². The molecule has 5 nitrogen and oxygen atoms in total. The van der Waals surface area contributed by atoms with Gasteiger partial charge in [-0.25, -0.2) is 4.79 Å². The number of amides is 2. The van der Waals surface area contributed by atoms with Gasteiger partial charge in [-0.05, 0) is 38.8 Å². The summed E-state index contributed by atoms with van der Waals surface area (Å²) >= 11 is 0. The maximum atomic E-state index is 12.4. The average Bonchev–Trinajstić information content (AvgIpc) is 2.57. The van der Waals surface area contributed by atoms with E-state index in [-0.39, 0.29) is 0 Å². The molecule has 0 unspecified atom stereocenters. The van der Waals surface area contributed by atoms with Crippen LogP contribution in [0.25, 0.3) is 0 Å². The van der Waals surface area contributed by atoms with Crippen LogP contribution in [0.3, 0.4) is 0 Å². The summed E-state index contributed by atoms with van der Waals surface area (Å²) in [5.41, 5.74) is 0.440. The number of fused-ring (bicyclic) bond motifs is 1. The zero-order valence-electron chi connectivity index (χ0n) is 11.3. The van der Waals surface area contributed by atoms with Gasteiger partial charge in [0.1, 0.15) is 5.54 Å². The largest absolute Gasteiger partial charge is 0.480 e. The third kappa shape index (κ3) is 1.65. The maximum absolute atomic E-state index is 12.4. The second-order valence-corrected chi connectivity index (χ2v) is 5.26. The normalized spacial score (nSPS) is 14.8. The van der Waals surface area contributed by atoms with Gasteiger partial charge in [0.15, 0.2) is 0 Å². The Hall–Kier alpha value is -2.17. The number of rotatable bonds is 2. The fourth-order valence-electron chi connectivity index (χ4n) is 2.28. The Morgan fingerprint density at radius 3 is 1.74 bits per heavy atom. The van der Waals surface area contributed by atoms with Gasteiger partial charge in [0.2, 0.25) is 0 Å². The molecule has 1 aliphatic heterocycles. The number of carboxylic acid groups (broad SMARTS) is 1. The Labute approximate surface area is 110 Å². The van der Waals surface area contributed by atoms with Gasteiger partial charge < -0.3 is 5.11 Å². The summed E-state index contributed by atoms with van der Waals surface area (Å²) < 4.78 is 0. The second kappa shape index (κ2) is 3.91. The molecule has 0 radical (unpaired) electrons. The lowest BCUT2D eigenvalue weighted by atomic mass is 9.99. The average molecular weight is 261 g/mol. The van der Waals surface area contributed by atoms with E-state index in [1.807, 2.05) is 0 Å². The first kappa shape index (κ1) is 13.3. The molecule has 1 aromatic rings. The number of nitrogens with zero attached hydrogens (tertiary/aromatic N) is 1. The van der Waals surface area contributed by atoms with Crippen LogP contribution in [-0.2, 0) is 4.79 Å². The Bertz CT molecular complexity index is 575. The van der Waals surface area contributed by atoms with Crippen molar-refractivity contribution in [3.63, 3.8) is 0 Å². The zero-order valence-corrected chi connectivity index (χ0v) is 11.3. The first-order chi connectivity index (χ1) is 8.69. The van der Waals surface area contributed by atoms with E-state index in [4.69, 9.17) is 0 Å². The summed E-state index contributed by atoms with van der Waals surface area (Å²) in [6, 6.07) is 3.52. The predicted molar refractivity (Wildman–Crippen MR) is 68.1 cm³/mol. The lowest BCUT2D eigenvalue weighted by Gasteiger charge is -2.29. The highest BCUT2D eigenvalue weighted by molar-refractivity contribution is 6.24. The number of carbonyl (C=O) groups is 3. The molecule has 1 aliphatic rings. The first-order valence-corrected chi connectivity index (χ1v) is 5.92. The molecular weight excluding hydrogens is 246 g/mol. The van der Waals surface area contributed by atoms with Crippen molar-refractivity contribution in [3.8, 4) is 0 Å². The number of hydrogen-bond acceptors (Lipinski definition) is 3. The standard InChI is InChI=1S/C14H15NO4/c1-7-5-6-8(2)10-9(7)11(16)15(12(10)17)14(3,4)13(18)19/h5-6H,1-4H3,(H,18,19). The fraction of sp³-hybridized carbons (Fsp3) is 0.357. The molecular formula is C14H15NO4. The minimum absolute atomic E-state index is 0.319. The van der Waals surface area contributed by atoms with Gasteiger partial charge in [-0.2, -0.15) is 0 Å². The smallest absolute Gasteiger partial charge is 0.329 e. The van der Waals surface area contributed by atoms with Crippen molar-refractivity contribution in [3.05, 3.63) is 34.4 Å². The zero-order chi connectivity index (χ0) is 14.5. The summed E-state index contributed by atoms with van der Waals surface area (Å²) in [5, 5.41) is 9.21. The Kier molecular flexibility index (Phi) is 2.73. The summed E-state index contributed by atoms with van der Waals surface area (Å²) in [7, 11) is 0. The molecule has 1 aromatic carbocycles. The molecule has 0 spiro atoms. The Morgan fingerprint density at radius 2 is 1.42 bits per heavy atom. The minimum atomic E-state index is -1.56. The molecule has 0 atom stereocenters. The van der Waals surface area contributed by atoms with Crippen LogP contribution in [0.15, 0.2) is 12.1 Å². The van der Waals surface area contributed by atoms with Crippen molar-refractivity contribution in [2.45, 2.75) is 33.2 Å². The van der Waals surface area contributed by atoms with Gasteiger partial charge >= 0.3 is 5.97 Å². The van der Waals surface area contributed by atoms with E-state index < -0.39 is 23.3 Å². The van der Waals surface area contributed by atoms with Gasteiger partial charge in [-0.15, -0.1) is 0 Å². The lowest BCUT2D eigenvalue weighted by Crippen LogP contribution is -2.53. The summed E-state index contributed by atoms with van der Waals surface area (Å²) in [6.45, 7) is 6.17. The van der Waals surface area contributed by atoms with Crippen molar-refractivity contribution in [1.29, 1.82) is 0 Å². The number of aliphatic carboxylic acids is 1. The molecule has 19 heavy (non-hydrogen) atoms. The Morgan fingerprint density at radius 1 is 1.05 bits per heavy atom. The van der Waals surface area contributed by atoms with Crippen LogP contribution in [-0.4, -0.2) is 33.3 Å². The van der Waals surface area contributed by atoms with Crippen molar-refractivity contribution in [2.75, 3.05) is 0 Å². The minimum Gasteiger partial charge on any atom is -0.480 e. The molecule has 2 rings (SSSR count). The lowest BCUT2D eigenvalue weighted by molar-refractivity contribution is -0.146. The SMILES string of the molecule is Cc1ccc(C)c2c1C(=O)N(C(C)(C)C(=O)O)C2=O. The highest BCUT2D eigenvalue weighted by atomic mass is 16.4. The van der Waals surface area contributed by atoms with Gasteiger partial charge in [-0.1, -0.05) is 12.1 Å². The van der Waals surface area contributed by atoms with Crippen LogP contribution in [0.2, 0.25) is 0 Å². The molecule has 0 aromatic heterocycles. The van der Waals surface area contributed by atoms with E-state index in [1.165, 1.54) is 13.8 Å². The number of benzene rings is 1. The van der Waals surface area contributed by atoms with E-state index in [0.29, 0.717) is 22.3 Å². The second-order valence-electron chi connectivity index (χ2n) is 5.26. The number of carboxylic acids is 1. The van der Waals surface area contributed by atoms with Crippen LogP contribution in [0.1, 0.15) is 45.7 Å². The van der Waals surface area contributed by atoms with Gasteiger partial charge in [0.25, 0.3) is 11.8 Å². The van der Waals surface area contributed by atoms with Gasteiger partial charge in [-0.3, -0.25) is 14.5 Å². The van der Waals surface area contributed by atoms with Crippen molar-refractivity contribution < 1.29 is 19.5 Å². The summed E-state index contributed by atoms with van der Waals surface area (Å²) in [6.07, 6.45) is 0. The molecule has 2 amide bonds. The third-order valence-electron chi connectivity index (χ3n) is 3.54. The highest BCUT2D eigenvalue weighted by Gasteiger charge is 2.49. The fourth-order valence-corrected chi connectivity index (χ4v) is 2.28. The van der Waals surface area contributed by atoms with Crippen LogP contribution in [0.4, 0.5) is 0 Å². The van der Waals surface area contributed by atoms with Crippen molar-refractivity contribution >= 4 is 17.8 Å². The number of carbonyl (C=O) groups excluding carboxylic acids is 2. The molecule has 1 N–H and O–H groups in total.